The van der Waals surface area contributed by atoms with Crippen LogP contribution in [0.25, 0.3) is 5.69 Å². The van der Waals surface area contributed by atoms with Gasteiger partial charge in [0.05, 0.1) is 11.4 Å². The molecule has 0 unspecified atom stereocenters. The zero-order valence-corrected chi connectivity index (χ0v) is 14.1. The number of aromatic nitrogens is 2. The number of nitrogens with zero attached hydrogens (tertiary/aromatic N) is 3. The Morgan fingerprint density at radius 1 is 1.16 bits per heavy atom. The first kappa shape index (κ1) is 18.2. The lowest BCUT2D eigenvalue weighted by Gasteiger charge is -2.12. The van der Waals surface area contributed by atoms with E-state index in [0.717, 1.165) is 0 Å². The van der Waals surface area contributed by atoms with Crippen LogP contribution in [0.15, 0.2) is 36.5 Å². The van der Waals surface area contributed by atoms with Crippen molar-refractivity contribution in [1.29, 1.82) is 0 Å². The molecule has 0 fully saturated rings. The maximum atomic E-state index is 12.1. The molecule has 0 radical (unpaired) electrons. The normalized spacial score (nSPS) is 10.3. The number of aromatic carboxylic acids is 1. The van der Waals surface area contributed by atoms with Crippen LogP contribution < -0.4 is 5.32 Å². The van der Waals surface area contributed by atoms with Crippen LogP contribution in [0, 0.1) is 0 Å². The van der Waals surface area contributed by atoms with Crippen molar-refractivity contribution in [2.24, 2.45) is 0 Å². The van der Waals surface area contributed by atoms with E-state index in [1.165, 1.54) is 21.8 Å². The van der Waals surface area contributed by atoms with E-state index in [1.807, 2.05) is 0 Å². The van der Waals surface area contributed by atoms with Gasteiger partial charge in [-0.3, -0.25) is 9.59 Å². The third kappa shape index (κ3) is 4.90. The largest absolute Gasteiger partial charge is 0.476 e. The SMILES string of the molecule is CN(C)C(=O)CCCC(=O)Nc1ccccc1-n1ccc(C(=O)O)n1. The molecule has 0 saturated heterocycles. The number of carboxylic acids is 1. The summed E-state index contributed by atoms with van der Waals surface area (Å²) in [4.78, 5) is 36.1. The number of anilines is 1. The maximum Gasteiger partial charge on any atom is 0.356 e. The van der Waals surface area contributed by atoms with Crippen LogP contribution in [0.1, 0.15) is 29.8 Å². The molecule has 2 N–H and O–H groups in total. The summed E-state index contributed by atoms with van der Waals surface area (Å²) in [7, 11) is 3.35. The average Bonchev–Trinajstić information content (AvgIpc) is 3.05. The van der Waals surface area contributed by atoms with Gasteiger partial charge in [0.2, 0.25) is 11.8 Å². The molecule has 2 aromatic rings. The monoisotopic (exact) mass is 344 g/mol. The van der Waals surface area contributed by atoms with Gasteiger partial charge >= 0.3 is 5.97 Å². The molecule has 0 bridgehead atoms. The predicted molar refractivity (Wildman–Crippen MR) is 91.7 cm³/mol. The second-order valence-corrected chi connectivity index (χ2v) is 5.66. The summed E-state index contributed by atoms with van der Waals surface area (Å²) in [5.74, 6) is -1.36. The number of carbonyl (C=O) groups excluding carboxylic acids is 2. The molecule has 0 spiro atoms. The molecule has 1 aromatic carbocycles. The molecule has 0 saturated carbocycles. The Morgan fingerprint density at radius 2 is 1.88 bits per heavy atom. The van der Waals surface area contributed by atoms with Crippen LogP contribution in [0.4, 0.5) is 5.69 Å². The van der Waals surface area contributed by atoms with Crippen LogP contribution in [-0.2, 0) is 9.59 Å². The van der Waals surface area contributed by atoms with Crippen LogP contribution >= 0.6 is 0 Å². The highest BCUT2D eigenvalue weighted by atomic mass is 16.4. The predicted octanol–water partition coefficient (Wildman–Crippen LogP) is 1.77. The third-order valence-electron chi connectivity index (χ3n) is 3.53. The average molecular weight is 344 g/mol. The number of rotatable bonds is 7. The van der Waals surface area contributed by atoms with E-state index >= 15 is 0 Å². The van der Waals surface area contributed by atoms with Crippen molar-refractivity contribution >= 4 is 23.5 Å². The molecule has 2 rings (SSSR count). The Balaban J connectivity index is 2.03. The summed E-state index contributed by atoms with van der Waals surface area (Å²) in [6, 6.07) is 8.34. The molecular formula is C17H20N4O4. The first-order chi connectivity index (χ1) is 11.9. The number of carboxylic acid groups (broad SMARTS) is 1. The van der Waals surface area contributed by atoms with Gasteiger partial charge in [-0.15, -0.1) is 0 Å². The van der Waals surface area contributed by atoms with Gasteiger partial charge in [-0.2, -0.15) is 5.10 Å². The smallest absolute Gasteiger partial charge is 0.356 e. The topological polar surface area (TPSA) is 105 Å². The van der Waals surface area contributed by atoms with Crippen molar-refractivity contribution in [2.75, 3.05) is 19.4 Å². The fourth-order valence-electron chi connectivity index (χ4n) is 2.19. The fourth-order valence-corrected chi connectivity index (χ4v) is 2.19. The van der Waals surface area contributed by atoms with Gasteiger partial charge in [0.25, 0.3) is 0 Å². The van der Waals surface area contributed by atoms with Gasteiger partial charge < -0.3 is 15.3 Å². The number of para-hydroxylation sites is 2. The van der Waals surface area contributed by atoms with E-state index in [0.29, 0.717) is 24.2 Å². The highest BCUT2D eigenvalue weighted by molar-refractivity contribution is 5.93. The molecule has 0 aliphatic carbocycles. The minimum absolute atomic E-state index is 0.0223. The Kier molecular flexibility index (Phi) is 5.89. The Hall–Kier alpha value is -3.16. The van der Waals surface area contributed by atoms with E-state index in [9.17, 15) is 14.4 Å². The molecule has 0 aliphatic heterocycles. The highest BCUT2D eigenvalue weighted by Gasteiger charge is 2.12. The first-order valence-electron chi connectivity index (χ1n) is 7.77. The van der Waals surface area contributed by atoms with Gasteiger partial charge in [0, 0.05) is 33.1 Å². The van der Waals surface area contributed by atoms with E-state index in [2.05, 4.69) is 10.4 Å². The number of carbonyl (C=O) groups is 3. The summed E-state index contributed by atoms with van der Waals surface area (Å²) in [5, 5.41) is 15.7. The molecule has 8 heteroatoms. The highest BCUT2D eigenvalue weighted by Crippen LogP contribution is 2.20. The molecule has 8 nitrogen and oxygen atoms in total. The number of nitrogens with one attached hydrogen (secondary N) is 1. The summed E-state index contributed by atoms with van der Waals surface area (Å²) in [6.07, 6.45) is 2.50. The standard InChI is InChI=1S/C17H20N4O4/c1-20(2)16(23)9-5-8-15(22)18-12-6-3-4-7-14(12)21-11-10-13(19-21)17(24)25/h3-4,6-7,10-11H,5,8-9H2,1-2H3,(H,18,22)(H,24,25). The molecule has 25 heavy (non-hydrogen) atoms. The number of hydrogen-bond donors (Lipinski definition) is 2. The lowest BCUT2D eigenvalue weighted by molar-refractivity contribution is -0.128. The zero-order chi connectivity index (χ0) is 18.4. The van der Waals surface area contributed by atoms with Crippen molar-refractivity contribution in [3.63, 3.8) is 0 Å². The quantitative estimate of drug-likeness (QED) is 0.796. The molecule has 2 amide bonds. The Morgan fingerprint density at radius 3 is 2.52 bits per heavy atom. The van der Waals surface area contributed by atoms with Crippen molar-refractivity contribution in [3.05, 3.63) is 42.2 Å². The summed E-state index contributed by atoms with van der Waals surface area (Å²) in [5.41, 5.74) is 1.00. The molecule has 1 aromatic heterocycles. The summed E-state index contributed by atoms with van der Waals surface area (Å²) >= 11 is 0. The van der Waals surface area contributed by atoms with Crippen molar-refractivity contribution in [3.8, 4) is 5.69 Å². The van der Waals surface area contributed by atoms with Crippen molar-refractivity contribution in [2.45, 2.75) is 19.3 Å². The zero-order valence-electron chi connectivity index (χ0n) is 14.1. The van der Waals surface area contributed by atoms with Gasteiger partial charge in [-0.1, -0.05) is 12.1 Å². The van der Waals surface area contributed by atoms with E-state index in [4.69, 9.17) is 5.11 Å². The molecule has 0 aliphatic rings. The van der Waals surface area contributed by atoms with Gasteiger partial charge in [-0.05, 0) is 24.6 Å². The second-order valence-electron chi connectivity index (χ2n) is 5.66. The van der Waals surface area contributed by atoms with Crippen LogP contribution in [0.3, 0.4) is 0 Å². The third-order valence-corrected chi connectivity index (χ3v) is 3.53. The second kappa shape index (κ2) is 8.09. The van der Waals surface area contributed by atoms with Crippen molar-refractivity contribution < 1.29 is 19.5 Å². The molecule has 1 heterocycles. The van der Waals surface area contributed by atoms with Gasteiger partial charge in [0.15, 0.2) is 5.69 Å². The minimum Gasteiger partial charge on any atom is -0.476 e. The summed E-state index contributed by atoms with van der Waals surface area (Å²) < 4.78 is 1.40. The minimum atomic E-state index is -1.12. The van der Waals surface area contributed by atoms with Crippen molar-refractivity contribution in [1.82, 2.24) is 14.7 Å². The lowest BCUT2D eigenvalue weighted by Crippen LogP contribution is -2.22. The fraction of sp³-hybridized carbons (Fsp3) is 0.294. The molecule has 0 atom stereocenters. The van der Waals surface area contributed by atoms with Crippen LogP contribution in [0.2, 0.25) is 0 Å². The summed E-state index contributed by atoms with van der Waals surface area (Å²) in [6.45, 7) is 0. The maximum absolute atomic E-state index is 12.1. The van der Waals surface area contributed by atoms with Crippen LogP contribution in [0.5, 0.6) is 0 Å². The Labute approximate surface area is 145 Å². The molecular weight excluding hydrogens is 324 g/mol. The first-order valence-corrected chi connectivity index (χ1v) is 7.77. The van der Waals surface area contributed by atoms with E-state index in [1.54, 1.807) is 38.4 Å². The van der Waals surface area contributed by atoms with E-state index < -0.39 is 5.97 Å². The lowest BCUT2D eigenvalue weighted by atomic mass is 10.2. The number of hydrogen-bond acceptors (Lipinski definition) is 4. The number of amides is 2. The van der Waals surface area contributed by atoms with Gasteiger partial charge in [-0.25, -0.2) is 9.48 Å². The van der Waals surface area contributed by atoms with Gasteiger partial charge in [0.1, 0.15) is 0 Å². The number of benzene rings is 1. The van der Waals surface area contributed by atoms with Crippen LogP contribution in [-0.4, -0.2) is 51.7 Å². The molecule has 132 valence electrons. The van der Waals surface area contributed by atoms with E-state index in [-0.39, 0.29) is 23.9 Å². The Bertz CT molecular complexity index is 782.